The van der Waals surface area contributed by atoms with Crippen LogP contribution < -0.4 is 0 Å². The van der Waals surface area contributed by atoms with Gasteiger partial charge in [0, 0.05) is 25.0 Å². The standard InChI is InChI=1S/C22H32N2O3.ClH/c1-20(2,19(26)27)15-24-16-21(14-18(24)25)10-12-22(13-11-21,23(3)4)17-8-6-5-7-9-17;/h5-9H,10-16H2,1-4H3,(H,26,27);1H/t21-,22-;. The molecule has 28 heavy (non-hydrogen) atoms. The van der Waals surface area contributed by atoms with E-state index >= 15 is 0 Å². The number of carboxylic acids is 1. The van der Waals surface area contributed by atoms with Crippen LogP contribution in [0.4, 0.5) is 0 Å². The zero-order chi connectivity index (χ0) is 19.9. The number of hydrogen-bond donors (Lipinski definition) is 1. The number of amides is 1. The Bertz CT molecular complexity index is 710. The van der Waals surface area contributed by atoms with Crippen molar-refractivity contribution in [3.63, 3.8) is 0 Å². The van der Waals surface area contributed by atoms with Crippen LogP contribution in [0.15, 0.2) is 30.3 Å². The van der Waals surface area contributed by atoms with Gasteiger partial charge in [-0.1, -0.05) is 30.3 Å². The monoisotopic (exact) mass is 408 g/mol. The molecular formula is C22H33ClN2O3. The van der Waals surface area contributed by atoms with Crippen LogP contribution >= 0.6 is 12.4 Å². The van der Waals surface area contributed by atoms with E-state index in [4.69, 9.17) is 0 Å². The van der Waals surface area contributed by atoms with Crippen molar-refractivity contribution >= 4 is 24.3 Å². The van der Waals surface area contributed by atoms with Gasteiger partial charge in [0.15, 0.2) is 0 Å². The molecule has 156 valence electrons. The highest BCUT2D eigenvalue weighted by Gasteiger charge is 2.51. The van der Waals surface area contributed by atoms with Gasteiger partial charge >= 0.3 is 5.97 Å². The smallest absolute Gasteiger partial charge is 0.310 e. The molecule has 1 heterocycles. The summed E-state index contributed by atoms with van der Waals surface area (Å²) >= 11 is 0. The van der Waals surface area contributed by atoms with E-state index in [9.17, 15) is 14.7 Å². The molecule has 0 unspecified atom stereocenters. The van der Waals surface area contributed by atoms with Crippen molar-refractivity contribution < 1.29 is 14.7 Å². The third kappa shape index (κ3) is 4.06. The maximum Gasteiger partial charge on any atom is 0.310 e. The number of carbonyl (C=O) groups is 2. The Morgan fingerprint density at radius 1 is 1.14 bits per heavy atom. The highest BCUT2D eigenvalue weighted by Crippen LogP contribution is 2.52. The SMILES string of the molecule is CN(C)[C@]1(c2ccccc2)CC[C@@]2(CC1)CC(=O)N(CC(C)(C)C(=O)O)C2.Cl. The average Bonchev–Trinajstić information content (AvgIpc) is 2.91. The Hall–Kier alpha value is -1.59. The zero-order valence-electron chi connectivity index (χ0n) is 17.4. The van der Waals surface area contributed by atoms with Crippen LogP contribution in [0.1, 0.15) is 51.5 Å². The van der Waals surface area contributed by atoms with Gasteiger partial charge in [0.2, 0.25) is 5.91 Å². The van der Waals surface area contributed by atoms with Crippen LogP contribution in [0.2, 0.25) is 0 Å². The number of hydrogen-bond acceptors (Lipinski definition) is 3. The minimum absolute atomic E-state index is 0. The second-order valence-electron chi connectivity index (χ2n) is 9.41. The molecule has 2 aliphatic rings. The normalized spacial score (nSPS) is 27.9. The predicted molar refractivity (Wildman–Crippen MR) is 113 cm³/mol. The number of carboxylic acid groups (broad SMARTS) is 1. The van der Waals surface area contributed by atoms with E-state index in [1.54, 1.807) is 18.7 Å². The van der Waals surface area contributed by atoms with Crippen LogP contribution in [0.3, 0.4) is 0 Å². The molecule has 0 bridgehead atoms. The lowest BCUT2D eigenvalue weighted by Crippen LogP contribution is -2.47. The molecule has 1 aliphatic heterocycles. The molecule has 1 aromatic rings. The maximum atomic E-state index is 12.6. The van der Waals surface area contributed by atoms with Gasteiger partial charge in [0.05, 0.1) is 5.41 Å². The van der Waals surface area contributed by atoms with Gasteiger partial charge in [-0.2, -0.15) is 0 Å². The number of likely N-dealkylation sites (tertiary alicyclic amines) is 1. The Morgan fingerprint density at radius 2 is 1.71 bits per heavy atom. The number of benzene rings is 1. The van der Waals surface area contributed by atoms with Gasteiger partial charge in [0.25, 0.3) is 0 Å². The number of rotatable bonds is 5. The van der Waals surface area contributed by atoms with E-state index in [-0.39, 0.29) is 29.3 Å². The summed E-state index contributed by atoms with van der Waals surface area (Å²) in [6, 6.07) is 10.7. The molecule has 1 saturated heterocycles. The molecule has 3 rings (SSSR count). The van der Waals surface area contributed by atoms with E-state index in [2.05, 4.69) is 49.3 Å². The van der Waals surface area contributed by atoms with Crippen LogP contribution in [0.25, 0.3) is 0 Å². The highest BCUT2D eigenvalue weighted by atomic mass is 35.5. The quantitative estimate of drug-likeness (QED) is 0.805. The first kappa shape index (κ1) is 22.7. The van der Waals surface area contributed by atoms with E-state index in [1.807, 2.05) is 0 Å². The van der Waals surface area contributed by atoms with E-state index in [0.717, 1.165) is 25.7 Å². The fraction of sp³-hybridized carbons (Fsp3) is 0.636. The second kappa shape index (κ2) is 8.03. The Kier molecular flexibility index (Phi) is 6.51. The number of halogens is 1. The molecule has 1 aliphatic carbocycles. The molecule has 6 heteroatoms. The van der Waals surface area contributed by atoms with Crippen LogP contribution in [0, 0.1) is 10.8 Å². The minimum atomic E-state index is -0.909. The van der Waals surface area contributed by atoms with Crippen molar-refractivity contribution in [2.24, 2.45) is 10.8 Å². The van der Waals surface area contributed by atoms with Gasteiger partial charge in [-0.25, -0.2) is 0 Å². The fourth-order valence-electron chi connectivity index (χ4n) is 4.94. The molecule has 0 radical (unpaired) electrons. The van der Waals surface area contributed by atoms with Crippen molar-refractivity contribution in [2.75, 3.05) is 27.2 Å². The molecule has 1 amide bonds. The second-order valence-corrected chi connectivity index (χ2v) is 9.41. The molecule has 0 atom stereocenters. The summed E-state index contributed by atoms with van der Waals surface area (Å²) in [6.45, 7) is 4.38. The Labute approximate surface area is 174 Å². The van der Waals surface area contributed by atoms with Crippen molar-refractivity contribution in [1.29, 1.82) is 0 Å². The van der Waals surface area contributed by atoms with Crippen LogP contribution in [-0.4, -0.2) is 54.0 Å². The van der Waals surface area contributed by atoms with Gasteiger partial charge < -0.3 is 10.0 Å². The summed E-state index contributed by atoms with van der Waals surface area (Å²) < 4.78 is 0. The van der Waals surface area contributed by atoms with Crippen LogP contribution in [-0.2, 0) is 15.1 Å². The van der Waals surface area contributed by atoms with E-state index < -0.39 is 11.4 Å². The first-order valence-corrected chi connectivity index (χ1v) is 9.85. The number of carbonyl (C=O) groups excluding carboxylic acids is 1. The molecule has 0 aromatic heterocycles. The lowest BCUT2D eigenvalue weighted by atomic mass is 9.64. The largest absolute Gasteiger partial charge is 0.481 e. The molecule has 1 N–H and O–H groups in total. The fourth-order valence-corrected chi connectivity index (χ4v) is 4.94. The minimum Gasteiger partial charge on any atom is -0.481 e. The first-order chi connectivity index (χ1) is 12.6. The zero-order valence-corrected chi connectivity index (χ0v) is 18.2. The average molecular weight is 409 g/mol. The van der Waals surface area contributed by atoms with E-state index in [0.29, 0.717) is 19.5 Å². The summed E-state index contributed by atoms with van der Waals surface area (Å²) in [5.74, 6) is -0.739. The third-order valence-electron chi connectivity index (χ3n) is 6.88. The number of nitrogens with zero attached hydrogens (tertiary/aromatic N) is 2. The van der Waals surface area contributed by atoms with Crippen molar-refractivity contribution in [3.05, 3.63) is 35.9 Å². The van der Waals surface area contributed by atoms with Crippen molar-refractivity contribution in [2.45, 2.75) is 51.5 Å². The van der Waals surface area contributed by atoms with Gasteiger partial charge in [0.1, 0.15) is 0 Å². The summed E-state index contributed by atoms with van der Waals surface area (Å²) in [7, 11) is 4.29. The van der Waals surface area contributed by atoms with Crippen LogP contribution in [0.5, 0.6) is 0 Å². The Balaban J connectivity index is 0.00000280. The van der Waals surface area contributed by atoms with Gasteiger partial charge in [-0.3, -0.25) is 14.5 Å². The molecule has 1 saturated carbocycles. The maximum absolute atomic E-state index is 12.6. The molecule has 2 fully saturated rings. The third-order valence-corrected chi connectivity index (χ3v) is 6.88. The Morgan fingerprint density at radius 3 is 2.21 bits per heavy atom. The summed E-state index contributed by atoms with van der Waals surface area (Å²) in [5, 5.41) is 9.40. The van der Waals surface area contributed by atoms with Crippen molar-refractivity contribution in [1.82, 2.24) is 9.80 Å². The molecule has 1 aromatic carbocycles. The highest BCUT2D eigenvalue weighted by molar-refractivity contribution is 5.85. The summed E-state index contributed by atoms with van der Waals surface area (Å²) in [4.78, 5) is 28.2. The first-order valence-electron chi connectivity index (χ1n) is 9.85. The predicted octanol–water partition coefficient (Wildman–Crippen LogP) is 3.77. The van der Waals surface area contributed by atoms with Crippen molar-refractivity contribution in [3.8, 4) is 0 Å². The van der Waals surface area contributed by atoms with Gasteiger partial charge in [-0.05, 0) is 64.6 Å². The lowest BCUT2D eigenvalue weighted by Gasteiger charge is -2.49. The summed E-state index contributed by atoms with van der Waals surface area (Å²) in [6.07, 6.45) is 4.59. The number of aliphatic carboxylic acids is 1. The van der Waals surface area contributed by atoms with Gasteiger partial charge in [-0.15, -0.1) is 12.4 Å². The molecule has 1 spiro atoms. The summed E-state index contributed by atoms with van der Waals surface area (Å²) in [5.41, 5.74) is 0.453. The topological polar surface area (TPSA) is 60.9 Å². The molecular weight excluding hydrogens is 376 g/mol. The molecule has 5 nitrogen and oxygen atoms in total. The lowest BCUT2D eigenvalue weighted by molar-refractivity contribution is -0.148. The van der Waals surface area contributed by atoms with E-state index in [1.165, 1.54) is 5.56 Å².